The van der Waals surface area contributed by atoms with Gasteiger partial charge in [0.2, 0.25) is 0 Å². The van der Waals surface area contributed by atoms with Crippen molar-refractivity contribution in [3.63, 3.8) is 0 Å². The second-order valence-corrected chi connectivity index (χ2v) is 6.46. The molecule has 2 aromatic heterocycles. The minimum Gasteiger partial charge on any atom is -0.383 e. The van der Waals surface area contributed by atoms with Gasteiger partial charge in [0.1, 0.15) is 11.2 Å². The average molecular weight is 334 g/mol. The first kappa shape index (κ1) is 15.3. The molecule has 25 heavy (non-hydrogen) atoms. The van der Waals surface area contributed by atoms with E-state index in [1.54, 1.807) is 10.7 Å². The Morgan fingerprint density at radius 3 is 2.60 bits per heavy atom. The highest BCUT2D eigenvalue weighted by molar-refractivity contribution is 6.06. The van der Waals surface area contributed by atoms with Gasteiger partial charge in [-0.15, -0.1) is 0 Å². The average Bonchev–Trinajstić information content (AvgIpc) is 2.92. The number of nitrogens with two attached hydrogens (primary N) is 1. The molecule has 0 radical (unpaired) electrons. The molecule has 4 N–H and O–H groups in total. The summed E-state index contributed by atoms with van der Waals surface area (Å²) in [7, 11) is 0. The van der Waals surface area contributed by atoms with E-state index in [1.807, 2.05) is 24.3 Å². The maximum atomic E-state index is 12.5. The number of H-pyrrole nitrogens is 2. The molecular formula is C19H18N4O2. The van der Waals surface area contributed by atoms with Crippen LogP contribution in [-0.2, 0) is 0 Å². The zero-order chi connectivity index (χ0) is 17.7. The van der Waals surface area contributed by atoms with Gasteiger partial charge in [-0.25, -0.2) is 4.68 Å². The number of anilines is 1. The summed E-state index contributed by atoms with van der Waals surface area (Å²) < 4.78 is 1.74. The highest BCUT2D eigenvalue weighted by Gasteiger charge is 2.17. The van der Waals surface area contributed by atoms with Gasteiger partial charge in [-0.05, 0) is 29.7 Å². The second kappa shape index (κ2) is 5.37. The number of aromatic amines is 2. The molecule has 0 aliphatic rings. The zero-order valence-electron chi connectivity index (χ0n) is 14.0. The van der Waals surface area contributed by atoms with Crippen LogP contribution in [0.15, 0.2) is 52.1 Å². The van der Waals surface area contributed by atoms with Gasteiger partial charge in [0, 0.05) is 11.5 Å². The van der Waals surface area contributed by atoms with Crippen molar-refractivity contribution in [3.05, 3.63) is 68.6 Å². The van der Waals surface area contributed by atoms with Crippen molar-refractivity contribution in [3.8, 4) is 5.69 Å². The van der Waals surface area contributed by atoms with Crippen LogP contribution >= 0.6 is 0 Å². The van der Waals surface area contributed by atoms with Gasteiger partial charge >= 0.3 is 0 Å². The lowest BCUT2D eigenvalue weighted by molar-refractivity contribution is 0.819. The van der Waals surface area contributed by atoms with E-state index in [-0.39, 0.29) is 11.0 Å². The summed E-state index contributed by atoms with van der Waals surface area (Å²) in [5.74, 6) is 0.644. The highest BCUT2D eigenvalue weighted by atomic mass is 16.1. The lowest BCUT2D eigenvalue weighted by Gasteiger charge is -2.14. The Morgan fingerprint density at radius 2 is 1.84 bits per heavy atom. The van der Waals surface area contributed by atoms with E-state index in [0.717, 1.165) is 16.6 Å². The number of nitrogen functional groups attached to an aromatic ring is 1. The fourth-order valence-corrected chi connectivity index (χ4v) is 3.29. The Hall–Kier alpha value is -3.28. The number of fused-ring (bicyclic) bond motifs is 3. The molecule has 0 aliphatic heterocycles. The van der Waals surface area contributed by atoms with Crippen LogP contribution in [0, 0.1) is 0 Å². The molecular weight excluding hydrogens is 316 g/mol. The number of pyridine rings is 1. The number of rotatable bonds is 2. The Morgan fingerprint density at radius 1 is 1.08 bits per heavy atom. The summed E-state index contributed by atoms with van der Waals surface area (Å²) in [4.78, 5) is 26.8. The lowest BCUT2D eigenvalue weighted by Crippen LogP contribution is -2.10. The van der Waals surface area contributed by atoms with Crippen LogP contribution in [0.4, 0.5) is 5.82 Å². The summed E-state index contributed by atoms with van der Waals surface area (Å²) in [6.07, 6.45) is 0. The molecule has 0 amide bonds. The predicted molar refractivity (Wildman–Crippen MR) is 101 cm³/mol. The number of aromatic nitrogens is 3. The van der Waals surface area contributed by atoms with Gasteiger partial charge in [-0.3, -0.25) is 14.7 Å². The quantitative estimate of drug-likeness (QED) is 0.526. The Balaban J connectivity index is 2.13. The molecule has 0 unspecified atom stereocenters. The summed E-state index contributed by atoms with van der Waals surface area (Å²) in [5.41, 5.74) is 8.98. The number of hydrogen-bond acceptors (Lipinski definition) is 3. The van der Waals surface area contributed by atoms with Crippen molar-refractivity contribution in [1.82, 2.24) is 14.8 Å². The minimum atomic E-state index is -0.317. The van der Waals surface area contributed by atoms with Gasteiger partial charge < -0.3 is 10.7 Å². The number of nitrogens with zero attached hydrogens (tertiary/aromatic N) is 1. The first-order valence-electron chi connectivity index (χ1n) is 8.13. The van der Waals surface area contributed by atoms with Crippen molar-refractivity contribution in [2.75, 3.05) is 5.73 Å². The molecule has 6 heteroatoms. The van der Waals surface area contributed by atoms with E-state index in [0.29, 0.717) is 28.2 Å². The van der Waals surface area contributed by atoms with Crippen LogP contribution in [0.2, 0.25) is 0 Å². The molecule has 2 heterocycles. The Bertz CT molecular complexity index is 1230. The summed E-state index contributed by atoms with van der Waals surface area (Å²) in [5, 5.41) is 4.39. The molecule has 4 rings (SSSR count). The van der Waals surface area contributed by atoms with Crippen molar-refractivity contribution in [1.29, 1.82) is 0 Å². The molecule has 0 aliphatic carbocycles. The Labute approximate surface area is 142 Å². The molecule has 0 bridgehead atoms. The van der Waals surface area contributed by atoms with Crippen LogP contribution < -0.4 is 16.7 Å². The van der Waals surface area contributed by atoms with Gasteiger partial charge in [-0.1, -0.05) is 32.0 Å². The Kier molecular flexibility index (Phi) is 3.28. The third-order valence-corrected chi connectivity index (χ3v) is 4.51. The topological polar surface area (TPSA) is 96.7 Å². The number of nitrogens with one attached hydrogen (secondary N) is 2. The fourth-order valence-electron chi connectivity index (χ4n) is 3.29. The first-order chi connectivity index (χ1) is 12.0. The summed E-state index contributed by atoms with van der Waals surface area (Å²) >= 11 is 0. The third kappa shape index (κ3) is 2.26. The van der Waals surface area contributed by atoms with E-state index < -0.39 is 0 Å². The number of benzene rings is 2. The zero-order valence-corrected chi connectivity index (χ0v) is 14.0. The largest absolute Gasteiger partial charge is 0.383 e. The molecule has 0 spiro atoms. The molecule has 0 saturated heterocycles. The van der Waals surface area contributed by atoms with Crippen LogP contribution in [0.1, 0.15) is 25.3 Å². The minimum absolute atomic E-state index is 0.153. The van der Waals surface area contributed by atoms with Gasteiger partial charge in [-0.2, -0.15) is 0 Å². The molecule has 126 valence electrons. The lowest BCUT2D eigenvalue weighted by atomic mass is 10.0. The monoisotopic (exact) mass is 334 g/mol. The third-order valence-electron chi connectivity index (χ3n) is 4.51. The number of para-hydroxylation sites is 1. The molecule has 0 saturated carbocycles. The van der Waals surface area contributed by atoms with Crippen LogP contribution in [-0.4, -0.2) is 14.8 Å². The van der Waals surface area contributed by atoms with Crippen molar-refractivity contribution < 1.29 is 0 Å². The maximum absolute atomic E-state index is 12.5. The maximum Gasteiger partial charge on any atom is 0.261 e. The van der Waals surface area contributed by atoms with Crippen LogP contribution in [0.5, 0.6) is 0 Å². The van der Waals surface area contributed by atoms with Crippen molar-refractivity contribution in [2.24, 2.45) is 0 Å². The molecule has 4 aromatic rings. The van der Waals surface area contributed by atoms with Gasteiger partial charge in [0.25, 0.3) is 5.56 Å². The van der Waals surface area contributed by atoms with Gasteiger partial charge in [0.15, 0.2) is 5.43 Å². The molecule has 2 aromatic carbocycles. The number of hydrogen-bond donors (Lipinski definition) is 3. The molecule has 6 nitrogen and oxygen atoms in total. The molecule has 0 atom stereocenters. The smallest absolute Gasteiger partial charge is 0.261 e. The van der Waals surface area contributed by atoms with Crippen LogP contribution in [0.3, 0.4) is 0 Å². The fraction of sp³-hybridized carbons (Fsp3) is 0.158. The second-order valence-electron chi connectivity index (χ2n) is 6.46. The van der Waals surface area contributed by atoms with Crippen LogP contribution in [0.25, 0.3) is 27.5 Å². The normalized spacial score (nSPS) is 11.6. The van der Waals surface area contributed by atoms with Gasteiger partial charge in [0.05, 0.1) is 16.7 Å². The van der Waals surface area contributed by atoms with E-state index in [2.05, 4.69) is 23.9 Å². The van der Waals surface area contributed by atoms with Crippen molar-refractivity contribution >= 4 is 27.6 Å². The van der Waals surface area contributed by atoms with E-state index >= 15 is 0 Å². The van der Waals surface area contributed by atoms with E-state index in [9.17, 15) is 9.59 Å². The van der Waals surface area contributed by atoms with E-state index in [4.69, 9.17) is 5.73 Å². The first-order valence-corrected chi connectivity index (χ1v) is 8.13. The summed E-state index contributed by atoms with van der Waals surface area (Å²) in [6.45, 7) is 4.21. The van der Waals surface area contributed by atoms with Crippen molar-refractivity contribution in [2.45, 2.75) is 19.8 Å². The summed E-state index contributed by atoms with van der Waals surface area (Å²) in [6, 6.07) is 12.5. The predicted octanol–water partition coefficient (Wildman–Crippen LogP) is 2.87. The standard InChI is InChI=1S/C19H18N4O2/c1-10(2)12-5-3-4-6-15(12)23-18(20)16-17(22-23)13-8-7-11(24)9-14(13)21-19(16)25/h3-10,22H,20H2,1-2H3,(H,21,25). The SMILES string of the molecule is CC(C)c1ccccc1-n1[nH]c2c(c1N)c(=O)[nH]c1cc(=O)ccc12. The van der Waals surface area contributed by atoms with E-state index in [1.165, 1.54) is 12.1 Å². The molecule has 0 fully saturated rings. The highest BCUT2D eigenvalue weighted by Crippen LogP contribution is 2.29.